The molecule has 0 unspecified atom stereocenters. The maximum Gasteiger partial charge on any atom is 0.226 e. The summed E-state index contributed by atoms with van der Waals surface area (Å²) in [4.78, 5) is 18.1. The predicted molar refractivity (Wildman–Crippen MR) is 95.7 cm³/mol. The highest BCUT2D eigenvalue weighted by Crippen LogP contribution is 2.14. The Morgan fingerprint density at radius 1 is 1.40 bits per heavy atom. The minimum Gasteiger partial charge on any atom is -0.356 e. The minimum absolute atomic E-state index is 0. The molecule has 0 radical (unpaired) electrons. The van der Waals surface area contributed by atoms with Gasteiger partial charge in [-0.05, 0) is 24.3 Å². The topological polar surface area (TPSA) is 56.7 Å². The number of benzene rings is 1. The molecule has 1 aliphatic rings. The van der Waals surface area contributed by atoms with E-state index in [0.717, 1.165) is 29.2 Å². The van der Waals surface area contributed by atoms with Crippen LogP contribution in [-0.2, 0) is 4.79 Å². The average molecular weight is 453 g/mol. The number of guanidine groups is 1. The Kier molecular flexibility index (Phi) is 7.28. The molecule has 7 heteroatoms. The molecular formula is C13H18BrIN4O. The summed E-state index contributed by atoms with van der Waals surface area (Å²) in [6.45, 7) is 2.35. The molecule has 0 aromatic heterocycles. The molecule has 0 atom stereocenters. The molecule has 2 N–H and O–H groups in total. The second-order valence-corrected chi connectivity index (χ2v) is 5.27. The molecule has 1 aromatic carbocycles. The summed E-state index contributed by atoms with van der Waals surface area (Å²) in [5.74, 6) is 0.868. The Labute approximate surface area is 144 Å². The molecule has 1 aliphatic heterocycles. The number of carbonyl (C=O) groups excluding carboxylic acids is 1. The van der Waals surface area contributed by atoms with Gasteiger partial charge in [-0.1, -0.05) is 15.9 Å². The number of nitrogens with one attached hydrogen (secondary N) is 2. The van der Waals surface area contributed by atoms with E-state index >= 15 is 0 Å². The van der Waals surface area contributed by atoms with Crippen LogP contribution in [0.5, 0.6) is 0 Å². The molecule has 20 heavy (non-hydrogen) atoms. The molecular weight excluding hydrogens is 435 g/mol. The molecule has 0 fully saturated rings. The van der Waals surface area contributed by atoms with Crippen LogP contribution in [0.2, 0.25) is 0 Å². The van der Waals surface area contributed by atoms with Gasteiger partial charge < -0.3 is 15.5 Å². The zero-order valence-corrected chi connectivity index (χ0v) is 15.1. The van der Waals surface area contributed by atoms with Gasteiger partial charge in [-0.2, -0.15) is 0 Å². The Morgan fingerprint density at radius 2 is 2.10 bits per heavy atom. The molecule has 0 bridgehead atoms. The number of hydrogen-bond acceptors (Lipinski definition) is 4. The van der Waals surface area contributed by atoms with Gasteiger partial charge in [0.1, 0.15) is 0 Å². The van der Waals surface area contributed by atoms with Crippen molar-refractivity contribution >= 4 is 57.5 Å². The number of nitrogens with zero attached hydrogens (tertiary/aromatic N) is 2. The number of likely N-dealkylation sites (N-methyl/N-ethyl adjacent to an activating group) is 1. The van der Waals surface area contributed by atoms with E-state index in [0.29, 0.717) is 13.0 Å². The van der Waals surface area contributed by atoms with Gasteiger partial charge >= 0.3 is 0 Å². The summed E-state index contributed by atoms with van der Waals surface area (Å²) < 4.78 is 0.995. The summed E-state index contributed by atoms with van der Waals surface area (Å²) in [5, 5.41) is 6.02. The van der Waals surface area contributed by atoms with E-state index in [1.165, 1.54) is 0 Å². The fourth-order valence-corrected chi connectivity index (χ4v) is 2.03. The summed E-state index contributed by atoms with van der Waals surface area (Å²) in [6, 6.07) is 7.53. The van der Waals surface area contributed by atoms with Crippen molar-refractivity contribution in [2.45, 2.75) is 6.42 Å². The second kappa shape index (κ2) is 8.46. The predicted octanol–water partition coefficient (Wildman–Crippen LogP) is 2.29. The van der Waals surface area contributed by atoms with E-state index in [9.17, 15) is 4.79 Å². The van der Waals surface area contributed by atoms with Gasteiger partial charge in [0.25, 0.3) is 0 Å². The van der Waals surface area contributed by atoms with Crippen molar-refractivity contribution in [2.75, 3.05) is 32.0 Å². The number of anilines is 1. The van der Waals surface area contributed by atoms with E-state index in [2.05, 4.69) is 31.6 Å². The monoisotopic (exact) mass is 452 g/mol. The lowest BCUT2D eigenvalue weighted by atomic mass is 10.3. The minimum atomic E-state index is -0.00364. The van der Waals surface area contributed by atoms with Gasteiger partial charge in [0.2, 0.25) is 5.91 Å². The Hall–Kier alpha value is -0.830. The zero-order valence-electron chi connectivity index (χ0n) is 11.2. The fraction of sp³-hybridized carbons (Fsp3) is 0.385. The Morgan fingerprint density at radius 3 is 2.70 bits per heavy atom. The second-order valence-electron chi connectivity index (χ2n) is 4.36. The van der Waals surface area contributed by atoms with Crippen molar-refractivity contribution in [3.63, 3.8) is 0 Å². The van der Waals surface area contributed by atoms with Gasteiger partial charge in [0.15, 0.2) is 5.96 Å². The molecule has 1 heterocycles. The van der Waals surface area contributed by atoms with E-state index in [1.54, 1.807) is 0 Å². The van der Waals surface area contributed by atoms with E-state index in [1.807, 2.05) is 36.2 Å². The van der Waals surface area contributed by atoms with Crippen molar-refractivity contribution in [3.05, 3.63) is 28.7 Å². The molecule has 5 nitrogen and oxygen atoms in total. The smallest absolute Gasteiger partial charge is 0.226 e. The number of aliphatic imine (C=N–C) groups is 1. The van der Waals surface area contributed by atoms with Crippen LogP contribution < -0.4 is 10.6 Å². The van der Waals surface area contributed by atoms with E-state index in [-0.39, 0.29) is 29.9 Å². The van der Waals surface area contributed by atoms with Gasteiger partial charge in [0, 0.05) is 36.7 Å². The lowest BCUT2D eigenvalue weighted by Gasteiger charge is -2.14. The highest BCUT2D eigenvalue weighted by Gasteiger charge is 2.11. The van der Waals surface area contributed by atoms with Crippen LogP contribution in [-0.4, -0.2) is 43.4 Å². The first-order valence-corrected chi connectivity index (χ1v) is 6.99. The number of rotatable bonds is 4. The molecule has 0 saturated carbocycles. The van der Waals surface area contributed by atoms with Crippen LogP contribution in [0.25, 0.3) is 0 Å². The SMILES string of the molecule is CN1CCN=C1NCCC(=O)Nc1ccc(Br)cc1.I. The fourth-order valence-electron chi connectivity index (χ4n) is 1.77. The quantitative estimate of drug-likeness (QED) is 0.689. The standard InChI is InChI=1S/C13H17BrN4O.HI/c1-18-9-8-16-13(18)15-7-6-12(19)17-11-4-2-10(14)3-5-11;/h2-5H,6-9H2,1H3,(H,15,16)(H,17,19);1H. The van der Waals surface area contributed by atoms with Crippen LogP contribution in [0.3, 0.4) is 0 Å². The first-order chi connectivity index (χ1) is 9.15. The van der Waals surface area contributed by atoms with Crippen molar-refractivity contribution in [2.24, 2.45) is 4.99 Å². The molecule has 1 amide bonds. The first-order valence-electron chi connectivity index (χ1n) is 6.20. The number of carbonyl (C=O) groups is 1. The van der Waals surface area contributed by atoms with Gasteiger partial charge in [-0.15, -0.1) is 24.0 Å². The van der Waals surface area contributed by atoms with E-state index in [4.69, 9.17) is 0 Å². The third-order valence-corrected chi connectivity index (χ3v) is 3.35. The summed E-state index contributed by atoms with van der Waals surface area (Å²) in [7, 11) is 1.99. The third kappa shape index (κ3) is 5.28. The normalized spacial score (nSPS) is 13.5. The van der Waals surface area contributed by atoms with Crippen LogP contribution >= 0.6 is 39.9 Å². The third-order valence-electron chi connectivity index (χ3n) is 2.82. The van der Waals surface area contributed by atoms with E-state index < -0.39 is 0 Å². The van der Waals surface area contributed by atoms with Crippen LogP contribution in [0, 0.1) is 0 Å². The van der Waals surface area contributed by atoms with Crippen LogP contribution in [0.15, 0.2) is 33.7 Å². The largest absolute Gasteiger partial charge is 0.356 e. The van der Waals surface area contributed by atoms with Crippen molar-refractivity contribution < 1.29 is 4.79 Å². The lowest BCUT2D eigenvalue weighted by molar-refractivity contribution is -0.116. The molecule has 0 saturated heterocycles. The molecule has 2 rings (SSSR count). The average Bonchev–Trinajstić information content (AvgIpc) is 2.78. The first kappa shape index (κ1) is 17.2. The maximum atomic E-state index is 11.7. The maximum absolute atomic E-state index is 11.7. The van der Waals surface area contributed by atoms with Crippen molar-refractivity contribution in [1.82, 2.24) is 10.2 Å². The summed E-state index contributed by atoms with van der Waals surface area (Å²) in [5.41, 5.74) is 0.809. The summed E-state index contributed by atoms with van der Waals surface area (Å²) in [6.07, 6.45) is 0.420. The Balaban J connectivity index is 0.00000200. The van der Waals surface area contributed by atoms with Crippen LogP contribution in [0.1, 0.15) is 6.42 Å². The molecule has 110 valence electrons. The zero-order chi connectivity index (χ0) is 13.7. The van der Waals surface area contributed by atoms with Crippen molar-refractivity contribution in [3.8, 4) is 0 Å². The summed E-state index contributed by atoms with van der Waals surface area (Å²) >= 11 is 3.36. The highest BCUT2D eigenvalue weighted by atomic mass is 127. The molecule has 0 spiro atoms. The van der Waals surface area contributed by atoms with Gasteiger partial charge in [-0.25, -0.2) is 0 Å². The number of hydrogen-bond donors (Lipinski definition) is 2. The van der Waals surface area contributed by atoms with Gasteiger partial charge in [0.05, 0.1) is 6.54 Å². The lowest BCUT2D eigenvalue weighted by Crippen LogP contribution is -2.37. The number of halogens is 2. The molecule has 0 aliphatic carbocycles. The van der Waals surface area contributed by atoms with Gasteiger partial charge in [-0.3, -0.25) is 9.79 Å². The van der Waals surface area contributed by atoms with Crippen molar-refractivity contribution in [1.29, 1.82) is 0 Å². The van der Waals surface area contributed by atoms with Crippen LogP contribution in [0.4, 0.5) is 5.69 Å². The highest BCUT2D eigenvalue weighted by molar-refractivity contribution is 14.0. The molecule has 1 aromatic rings. The Bertz CT molecular complexity index is 478. The number of amides is 1.